The van der Waals surface area contributed by atoms with Crippen molar-refractivity contribution in [3.8, 4) is 6.07 Å². The van der Waals surface area contributed by atoms with E-state index in [1.807, 2.05) is 0 Å². The molecule has 0 spiro atoms. The van der Waals surface area contributed by atoms with Gasteiger partial charge in [-0.25, -0.2) is 16.3 Å². The van der Waals surface area contributed by atoms with Crippen LogP contribution in [-0.4, -0.2) is 27.3 Å². The number of carbonyl (C=O) groups is 1. The summed E-state index contributed by atoms with van der Waals surface area (Å²) in [4.78, 5) is 34.2. The van der Waals surface area contributed by atoms with Gasteiger partial charge in [-0.1, -0.05) is 0 Å². The summed E-state index contributed by atoms with van der Waals surface area (Å²) in [6.07, 6.45) is 2.13. The number of carboxylic acid groups (broad SMARTS) is 1. The van der Waals surface area contributed by atoms with Crippen molar-refractivity contribution in [2.75, 3.05) is 0 Å². The average molecular weight is 323 g/mol. The second-order valence-corrected chi connectivity index (χ2v) is 2.87. The van der Waals surface area contributed by atoms with E-state index >= 15 is 0 Å². The summed E-state index contributed by atoms with van der Waals surface area (Å²) >= 11 is 0. The van der Waals surface area contributed by atoms with Gasteiger partial charge >= 0.3 is 5.97 Å². The third-order valence-corrected chi connectivity index (χ3v) is 1.86. The second-order valence-electron chi connectivity index (χ2n) is 2.87. The van der Waals surface area contributed by atoms with Crippen LogP contribution in [-0.2, 0) is 37.5 Å². The number of nitro groups is 1. The summed E-state index contributed by atoms with van der Waals surface area (Å²) < 4.78 is 0. The molecule has 0 aliphatic heterocycles. The maximum atomic E-state index is 10.7. The number of nitriles is 1. The van der Waals surface area contributed by atoms with E-state index in [9.17, 15) is 19.7 Å². The van der Waals surface area contributed by atoms with Gasteiger partial charge in [0.15, 0.2) is 0 Å². The van der Waals surface area contributed by atoms with Crippen molar-refractivity contribution >= 4 is 17.9 Å². The fourth-order valence-electron chi connectivity index (χ4n) is 1.09. The quantitative estimate of drug-likeness (QED) is 0.481. The van der Waals surface area contributed by atoms with Crippen molar-refractivity contribution in [1.29, 1.82) is 5.26 Å². The van der Waals surface area contributed by atoms with Gasteiger partial charge in [-0.15, -0.1) is 0 Å². The molecule has 89 valence electrons. The molecule has 18 heavy (non-hydrogen) atoms. The van der Waals surface area contributed by atoms with E-state index in [4.69, 9.17) is 10.4 Å². The van der Waals surface area contributed by atoms with Gasteiger partial charge in [-0.2, -0.15) is 0 Å². The first-order chi connectivity index (χ1) is 8.01. The molecule has 1 radical (unpaired) electrons. The van der Waals surface area contributed by atoms with Crippen molar-refractivity contribution in [2.45, 2.75) is 5.92 Å². The predicted molar refractivity (Wildman–Crippen MR) is 51.9 cm³/mol. The summed E-state index contributed by atoms with van der Waals surface area (Å²) in [7, 11) is 0. The van der Waals surface area contributed by atoms with Gasteiger partial charge in [0, 0.05) is 51.0 Å². The van der Waals surface area contributed by atoms with Crippen LogP contribution < -0.4 is 0 Å². The molecular weight excluding hydrogens is 319 g/mol. The van der Waals surface area contributed by atoms with Crippen molar-refractivity contribution in [1.82, 2.24) is 4.98 Å². The molecule has 1 N–H and O–H groups in total. The molecule has 1 unspecified atom stereocenters. The maximum absolute atomic E-state index is 10.7. The molecule has 8 nitrogen and oxygen atoms in total. The Balaban J connectivity index is 0.00000289. The van der Waals surface area contributed by atoms with E-state index in [2.05, 4.69) is 4.98 Å². The van der Waals surface area contributed by atoms with Crippen molar-refractivity contribution in [3.63, 3.8) is 0 Å². The summed E-state index contributed by atoms with van der Waals surface area (Å²) in [5, 5.41) is 27.9. The number of hydrogen-bond donors (Lipinski definition) is 1. The molecule has 1 heterocycles. The minimum Gasteiger partial charge on any atom is -0.540 e. The van der Waals surface area contributed by atoms with Crippen LogP contribution in [0.15, 0.2) is 12.3 Å². The number of rotatable bonds is 4. The molecule has 0 saturated carbocycles. The van der Waals surface area contributed by atoms with Crippen LogP contribution in [0, 0.1) is 21.4 Å². The summed E-state index contributed by atoms with van der Waals surface area (Å²) in [6.45, 7) is 0. The Hall–Kier alpha value is -1.72. The number of carbonyl (C=O) groups excluding carboxylic acids is 1. The zero-order valence-electron chi connectivity index (χ0n) is 8.73. The number of nitrogens with zero attached hydrogens (tertiary/aromatic N) is 3. The molecule has 0 bridgehead atoms. The minimum atomic E-state index is -1.52. The van der Waals surface area contributed by atoms with Crippen LogP contribution >= 0.6 is 0 Å². The Morgan fingerprint density at radius 2 is 2.28 bits per heavy atom. The Morgan fingerprint density at radius 3 is 2.67 bits per heavy atom. The predicted octanol–water partition coefficient (Wildman–Crippen LogP) is 0.402. The molecule has 0 aliphatic carbocycles. The van der Waals surface area contributed by atoms with E-state index in [-0.39, 0.29) is 32.7 Å². The van der Waals surface area contributed by atoms with Crippen LogP contribution in [0.3, 0.4) is 0 Å². The van der Waals surface area contributed by atoms with Crippen LogP contribution in [0.2, 0.25) is 0 Å². The maximum Gasteiger partial charge on any atom is 0.337 e. The standard InChI is InChI=1S/C9H4N3O5.Y/c10-2-6(4-13)8-7(12(16)17)1-5(3-11-8)9(14)15;/h1,3,6H,(H,14,15);/q-1;. The summed E-state index contributed by atoms with van der Waals surface area (Å²) in [5.41, 5.74) is -1.51. The molecular formula is C9H4N3O5Y-. The van der Waals surface area contributed by atoms with Gasteiger partial charge in [0.2, 0.25) is 0 Å². The average Bonchev–Trinajstić information content (AvgIpc) is 2.30. The fourth-order valence-corrected chi connectivity index (χ4v) is 1.09. The third kappa shape index (κ3) is 3.39. The summed E-state index contributed by atoms with van der Waals surface area (Å²) in [5.74, 6) is -2.91. The normalized spacial score (nSPS) is 10.6. The van der Waals surface area contributed by atoms with Crippen LogP contribution in [0.5, 0.6) is 0 Å². The molecule has 9 heteroatoms. The zero-order chi connectivity index (χ0) is 13.0. The minimum absolute atomic E-state index is 0. The first-order valence-electron chi connectivity index (χ1n) is 4.16. The summed E-state index contributed by atoms with van der Waals surface area (Å²) in [6, 6.07) is 2.22. The van der Waals surface area contributed by atoms with Gasteiger partial charge in [0.25, 0.3) is 5.69 Å². The van der Waals surface area contributed by atoms with Crippen molar-refractivity contribution < 1.29 is 52.3 Å². The molecule has 0 fully saturated rings. The zero-order valence-corrected chi connectivity index (χ0v) is 11.6. The smallest absolute Gasteiger partial charge is 0.337 e. The monoisotopic (exact) mass is 323 g/mol. The molecule has 1 atom stereocenters. The fraction of sp³-hybridized carbons (Fsp3) is 0.111. The molecule has 1 rings (SSSR count). The van der Waals surface area contributed by atoms with Gasteiger partial charge in [-0.05, 0) is 5.92 Å². The van der Waals surface area contributed by atoms with Crippen molar-refractivity contribution in [2.24, 2.45) is 0 Å². The third-order valence-electron chi connectivity index (χ3n) is 1.86. The van der Waals surface area contributed by atoms with E-state index in [0.29, 0.717) is 0 Å². The molecule has 1 aromatic rings. The van der Waals surface area contributed by atoms with Gasteiger partial charge in [0.05, 0.1) is 10.5 Å². The Labute approximate surface area is 126 Å². The van der Waals surface area contributed by atoms with E-state index in [0.717, 1.165) is 12.3 Å². The number of aromatic carboxylic acids is 1. The van der Waals surface area contributed by atoms with Gasteiger partial charge in [0.1, 0.15) is 5.69 Å². The number of pyridine rings is 1. The van der Waals surface area contributed by atoms with Crippen LogP contribution in [0.4, 0.5) is 5.69 Å². The first-order valence-corrected chi connectivity index (χ1v) is 4.16. The van der Waals surface area contributed by atoms with Crippen LogP contribution in [0.1, 0.15) is 22.0 Å². The van der Waals surface area contributed by atoms with Crippen molar-refractivity contribution in [3.05, 3.63) is 33.6 Å². The molecule has 0 saturated heterocycles. The largest absolute Gasteiger partial charge is 0.540 e. The SMILES string of the molecule is N#CC([C-]=O)c1ncc(C(=O)O)cc1[N+](=O)[O-].[Y]. The number of aromatic nitrogens is 1. The van der Waals surface area contributed by atoms with Crippen LogP contribution in [0.25, 0.3) is 0 Å². The molecule has 0 amide bonds. The van der Waals surface area contributed by atoms with E-state index in [1.54, 1.807) is 0 Å². The molecule has 1 aromatic heterocycles. The molecule has 0 aliphatic rings. The van der Waals surface area contributed by atoms with E-state index in [1.165, 1.54) is 12.4 Å². The van der Waals surface area contributed by atoms with E-state index < -0.39 is 33.8 Å². The Morgan fingerprint density at radius 1 is 1.67 bits per heavy atom. The molecule has 0 aromatic carbocycles. The number of hydrogen-bond acceptors (Lipinski definition) is 6. The topological polar surface area (TPSA) is 134 Å². The van der Waals surface area contributed by atoms with Gasteiger partial charge in [-0.3, -0.25) is 15.1 Å². The Bertz CT molecular complexity index is 539. The second kappa shape index (κ2) is 6.88. The number of carboxylic acids is 1. The first kappa shape index (κ1) is 16.3. The van der Waals surface area contributed by atoms with Gasteiger partial charge < -0.3 is 9.90 Å². The Kier molecular flexibility index (Phi) is 6.23.